The minimum Gasteiger partial charge on any atom is -0.381 e. The van der Waals surface area contributed by atoms with E-state index in [2.05, 4.69) is 49.9 Å². The van der Waals surface area contributed by atoms with Crippen LogP contribution in [0.5, 0.6) is 0 Å². The van der Waals surface area contributed by atoms with Gasteiger partial charge in [-0.3, -0.25) is 0 Å². The number of hydrogen-bond acceptors (Lipinski definition) is 2. The highest BCUT2D eigenvalue weighted by Crippen LogP contribution is 2.41. The van der Waals surface area contributed by atoms with Crippen LogP contribution in [0.2, 0.25) is 0 Å². The molecule has 0 N–H and O–H groups in total. The van der Waals surface area contributed by atoms with E-state index >= 15 is 0 Å². The van der Waals surface area contributed by atoms with E-state index in [0.717, 1.165) is 13.2 Å². The van der Waals surface area contributed by atoms with Crippen LogP contribution < -0.4 is 4.90 Å². The molecule has 2 aliphatic heterocycles. The van der Waals surface area contributed by atoms with Gasteiger partial charge in [-0.15, -0.1) is 0 Å². The lowest BCUT2D eigenvalue weighted by molar-refractivity contribution is 0.131. The summed E-state index contributed by atoms with van der Waals surface area (Å²) >= 11 is 0. The topological polar surface area (TPSA) is 12.5 Å². The highest BCUT2D eigenvalue weighted by Gasteiger charge is 2.45. The zero-order valence-corrected chi connectivity index (χ0v) is 12.4. The van der Waals surface area contributed by atoms with Gasteiger partial charge in [0.15, 0.2) is 0 Å². The van der Waals surface area contributed by atoms with E-state index in [1.807, 2.05) is 0 Å². The van der Waals surface area contributed by atoms with Crippen molar-refractivity contribution < 1.29 is 4.74 Å². The minimum atomic E-state index is 0.476. The molecule has 2 heterocycles. The zero-order chi connectivity index (χ0) is 13.5. The average molecular weight is 259 g/mol. The summed E-state index contributed by atoms with van der Waals surface area (Å²) in [6.07, 6.45) is 1.24. The fourth-order valence-corrected chi connectivity index (χ4v) is 3.22. The first-order valence-corrected chi connectivity index (χ1v) is 7.52. The molecule has 0 aromatic heterocycles. The van der Waals surface area contributed by atoms with Gasteiger partial charge in [0, 0.05) is 30.8 Å². The highest BCUT2D eigenvalue weighted by atomic mass is 16.5. The summed E-state index contributed by atoms with van der Waals surface area (Å²) in [7, 11) is 0. The quantitative estimate of drug-likeness (QED) is 0.821. The molecule has 1 atom stereocenters. The number of hydrogen-bond donors (Lipinski definition) is 0. The summed E-state index contributed by atoms with van der Waals surface area (Å²) in [4.78, 5) is 2.48. The minimum absolute atomic E-state index is 0.476. The molecular weight excluding hydrogens is 234 g/mol. The molecule has 2 saturated heterocycles. The van der Waals surface area contributed by atoms with Crippen molar-refractivity contribution in [2.75, 3.05) is 31.2 Å². The second-order valence-corrected chi connectivity index (χ2v) is 6.78. The van der Waals surface area contributed by atoms with Crippen LogP contribution in [0.15, 0.2) is 24.3 Å². The molecule has 0 radical (unpaired) electrons. The van der Waals surface area contributed by atoms with E-state index in [4.69, 9.17) is 4.74 Å². The maximum Gasteiger partial charge on any atom is 0.0557 e. The summed E-state index contributed by atoms with van der Waals surface area (Å²) in [6, 6.07) is 9.18. The van der Waals surface area contributed by atoms with Crippen LogP contribution in [0.4, 0.5) is 5.69 Å². The Hall–Kier alpha value is -1.02. The summed E-state index contributed by atoms with van der Waals surface area (Å²) < 4.78 is 5.54. The molecule has 2 heteroatoms. The van der Waals surface area contributed by atoms with Crippen molar-refractivity contribution >= 4 is 5.69 Å². The van der Waals surface area contributed by atoms with Gasteiger partial charge in [-0.2, -0.15) is 0 Å². The molecule has 1 spiro atoms. The summed E-state index contributed by atoms with van der Waals surface area (Å²) in [5, 5.41) is 0. The maximum absolute atomic E-state index is 5.54. The van der Waals surface area contributed by atoms with Crippen molar-refractivity contribution in [2.24, 2.45) is 11.3 Å². The van der Waals surface area contributed by atoms with Crippen LogP contribution in [0.1, 0.15) is 38.7 Å². The number of benzene rings is 1. The van der Waals surface area contributed by atoms with Crippen LogP contribution in [0.25, 0.3) is 0 Å². The van der Waals surface area contributed by atoms with Crippen LogP contribution in [0.3, 0.4) is 0 Å². The van der Waals surface area contributed by atoms with E-state index in [9.17, 15) is 0 Å². The maximum atomic E-state index is 5.54. The first-order valence-electron chi connectivity index (χ1n) is 7.52. The number of nitrogens with zero attached hydrogens (tertiary/aromatic N) is 1. The summed E-state index contributed by atoms with van der Waals surface area (Å²) in [5.74, 6) is 1.34. The summed E-state index contributed by atoms with van der Waals surface area (Å²) in [6.45, 7) is 11.2. The van der Waals surface area contributed by atoms with Gasteiger partial charge < -0.3 is 9.64 Å². The van der Waals surface area contributed by atoms with Crippen LogP contribution >= 0.6 is 0 Å². The standard InChI is InChI=1S/C17H25NO/c1-13(2)14(3)15-4-6-16(7-5-15)18-10-17(11-18)8-9-19-12-17/h4-7,13-14H,8-12H2,1-3H3/t14-/m0/s1. The monoisotopic (exact) mass is 259 g/mol. The van der Waals surface area contributed by atoms with E-state index in [-0.39, 0.29) is 0 Å². The molecule has 19 heavy (non-hydrogen) atoms. The van der Waals surface area contributed by atoms with E-state index < -0.39 is 0 Å². The molecule has 2 nitrogen and oxygen atoms in total. The molecule has 0 aliphatic carbocycles. The van der Waals surface area contributed by atoms with Crippen LogP contribution in [-0.4, -0.2) is 26.3 Å². The fraction of sp³-hybridized carbons (Fsp3) is 0.647. The van der Waals surface area contributed by atoms with Crippen molar-refractivity contribution in [2.45, 2.75) is 33.1 Å². The molecule has 1 aromatic rings. The SMILES string of the molecule is CC(C)[C@H](C)c1ccc(N2CC3(CCOC3)C2)cc1. The van der Waals surface area contributed by atoms with Crippen molar-refractivity contribution in [1.82, 2.24) is 0 Å². The van der Waals surface area contributed by atoms with E-state index in [1.54, 1.807) is 0 Å². The molecule has 104 valence electrons. The van der Waals surface area contributed by atoms with Gasteiger partial charge in [0.05, 0.1) is 6.61 Å². The number of anilines is 1. The second kappa shape index (κ2) is 4.82. The van der Waals surface area contributed by atoms with Gasteiger partial charge in [0.1, 0.15) is 0 Å². The Morgan fingerprint density at radius 2 is 1.79 bits per heavy atom. The Labute approximate surface area is 116 Å². The Balaban J connectivity index is 1.64. The Bertz CT molecular complexity index is 423. The number of ether oxygens (including phenoxy) is 1. The molecule has 0 bridgehead atoms. The molecule has 0 saturated carbocycles. The fourth-order valence-electron chi connectivity index (χ4n) is 3.22. The van der Waals surface area contributed by atoms with Gasteiger partial charge in [0.25, 0.3) is 0 Å². The third kappa shape index (κ3) is 2.38. The predicted octanol–water partition coefficient (Wildman–Crippen LogP) is 3.67. The van der Waals surface area contributed by atoms with E-state index in [1.165, 1.54) is 30.8 Å². The molecule has 0 unspecified atom stereocenters. The van der Waals surface area contributed by atoms with Crippen molar-refractivity contribution in [3.63, 3.8) is 0 Å². The van der Waals surface area contributed by atoms with Gasteiger partial charge in [-0.1, -0.05) is 32.9 Å². The van der Waals surface area contributed by atoms with Crippen LogP contribution in [0, 0.1) is 11.3 Å². The van der Waals surface area contributed by atoms with Gasteiger partial charge in [-0.25, -0.2) is 0 Å². The lowest BCUT2D eigenvalue weighted by Crippen LogP contribution is -2.56. The third-order valence-electron chi connectivity index (χ3n) is 5.02. The van der Waals surface area contributed by atoms with Gasteiger partial charge in [-0.05, 0) is 36.0 Å². The normalized spacial score (nSPS) is 22.8. The Morgan fingerprint density at radius 3 is 2.32 bits per heavy atom. The van der Waals surface area contributed by atoms with Crippen molar-refractivity contribution in [3.8, 4) is 0 Å². The molecule has 0 amide bonds. The second-order valence-electron chi connectivity index (χ2n) is 6.78. The first-order chi connectivity index (χ1) is 9.10. The molecular formula is C17H25NO. The van der Waals surface area contributed by atoms with Crippen molar-refractivity contribution in [1.29, 1.82) is 0 Å². The van der Waals surface area contributed by atoms with Crippen LogP contribution in [-0.2, 0) is 4.74 Å². The predicted molar refractivity (Wildman–Crippen MR) is 79.8 cm³/mol. The molecule has 1 aromatic carbocycles. The largest absolute Gasteiger partial charge is 0.381 e. The molecule has 2 fully saturated rings. The number of rotatable bonds is 3. The Kier molecular flexibility index (Phi) is 3.30. The highest BCUT2D eigenvalue weighted by molar-refractivity contribution is 5.51. The Morgan fingerprint density at radius 1 is 1.11 bits per heavy atom. The molecule has 3 rings (SSSR count). The third-order valence-corrected chi connectivity index (χ3v) is 5.02. The summed E-state index contributed by atoms with van der Waals surface area (Å²) in [5.41, 5.74) is 3.31. The first kappa shape index (κ1) is 13.0. The van der Waals surface area contributed by atoms with E-state index in [0.29, 0.717) is 17.3 Å². The van der Waals surface area contributed by atoms with Crippen molar-refractivity contribution in [3.05, 3.63) is 29.8 Å². The molecule has 2 aliphatic rings. The zero-order valence-electron chi connectivity index (χ0n) is 12.4. The lowest BCUT2D eigenvalue weighted by Gasteiger charge is -2.48. The average Bonchev–Trinajstić information content (AvgIpc) is 2.86. The van der Waals surface area contributed by atoms with Gasteiger partial charge in [0.2, 0.25) is 0 Å². The lowest BCUT2D eigenvalue weighted by atomic mass is 9.79. The van der Waals surface area contributed by atoms with Gasteiger partial charge >= 0.3 is 0 Å². The smallest absolute Gasteiger partial charge is 0.0557 e.